The minimum atomic E-state index is -0.471. The van der Waals surface area contributed by atoms with Crippen molar-refractivity contribution in [2.75, 3.05) is 73.2 Å². The quantitative estimate of drug-likeness (QED) is 0.0885. The lowest BCUT2D eigenvalue weighted by Gasteiger charge is -2.49. The molecule has 0 unspecified atom stereocenters. The zero-order valence-corrected chi connectivity index (χ0v) is 30.6. The van der Waals surface area contributed by atoms with Crippen LogP contribution in [0, 0.1) is 5.92 Å². The molecule has 10 nitrogen and oxygen atoms in total. The molecule has 10 heteroatoms. The van der Waals surface area contributed by atoms with Crippen LogP contribution in [0.4, 0.5) is 4.79 Å². The summed E-state index contributed by atoms with van der Waals surface area (Å²) in [5.41, 5.74) is 6.82. The topological polar surface area (TPSA) is 111 Å². The predicted octanol–water partition coefficient (Wildman–Crippen LogP) is 6.61. The van der Waals surface area contributed by atoms with Crippen molar-refractivity contribution in [3.05, 3.63) is 89.0 Å². The maximum atomic E-state index is 13.6. The van der Waals surface area contributed by atoms with Gasteiger partial charge < -0.3 is 38.5 Å². The molecule has 0 spiro atoms. The molecule has 0 radical (unpaired) electrons. The number of hydrogen-bond acceptors (Lipinski definition) is 9. The molecule has 3 aliphatic rings. The first-order valence-electron chi connectivity index (χ1n) is 18.7. The van der Waals surface area contributed by atoms with Crippen molar-refractivity contribution in [2.45, 2.75) is 62.8 Å². The molecule has 6 rings (SSSR count). The van der Waals surface area contributed by atoms with Crippen LogP contribution >= 0.6 is 0 Å². The fourth-order valence-electron chi connectivity index (χ4n) is 8.21. The van der Waals surface area contributed by atoms with Gasteiger partial charge in [0.15, 0.2) is 0 Å². The molecule has 3 aromatic rings. The number of alkyl carbamates (subject to hydrolysis) is 1. The van der Waals surface area contributed by atoms with Gasteiger partial charge in [0.2, 0.25) is 0 Å². The molecule has 3 aromatic carbocycles. The summed E-state index contributed by atoms with van der Waals surface area (Å²) in [6.07, 6.45) is 5.78. The van der Waals surface area contributed by atoms with E-state index in [1.807, 2.05) is 24.3 Å². The van der Waals surface area contributed by atoms with E-state index in [9.17, 15) is 9.59 Å². The van der Waals surface area contributed by atoms with Crippen LogP contribution in [-0.2, 0) is 45.1 Å². The molecule has 1 fully saturated rings. The number of carbonyl (C=O) groups excluding carboxylic acids is 2. The third-order valence-electron chi connectivity index (χ3n) is 10.7. The summed E-state index contributed by atoms with van der Waals surface area (Å²) in [6.45, 7) is 5.95. The third-order valence-corrected chi connectivity index (χ3v) is 10.7. The maximum absolute atomic E-state index is 13.6. The van der Waals surface area contributed by atoms with E-state index in [-0.39, 0.29) is 49.2 Å². The Morgan fingerprint density at radius 1 is 0.769 bits per heavy atom. The van der Waals surface area contributed by atoms with Crippen LogP contribution in [-0.4, -0.2) is 91.3 Å². The molecule has 0 heterocycles. The number of methoxy groups -OCH3 is 1. The Morgan fingerprint density at radius 2 is 1.40 bits per heavy atom. The van der Waals surface area contributed by atoms with Crippen LogP contribution in [0.3, 0.4) is 0 Å². The summed E-state index contributed by atoms with van der Waals surface area (Å²) in [5.74, 6) is 0.297. The van der Waals surface area contributed by atoms with Crippen LogP contribution in [0.15, 0.2) is 66.7 Å². The molecule has 1 amide bonds. The number of nitrogens with one attached hydrogen (secondary N) is 1. The molecule has 2 bridgehead atoms. The highest BCUT2D eigenvalue weighted by molar-refractivity contribution is 5.79. The zero-order chi connectivity index (χ0) is 36.2. The number of rotatable bonds is 18. The first-order chi connectivity index (χ1) is 25.5. The van der Waals surface area contributed by atoms with Crippen molar-refractivity contribution in [3.8, 4) is 16.9 Å². The van der Waals surface area contributed by atoms with Gasteiger partial charge >= 0.3 is 12.1 Å². The first-order valence-corrected chi connectivity index (χ1v) is 18.7. The Bertz CT molecular complexity index is 1580. The lowest BCUT2D eigenvalue weighted by Crippen LogP contribution is -2.57. The van der Waals surface area contributed by atoms with Gasteiger partial charge in [0, 0.05) is 24.5 Å². The van der Waals surface area contributed by atoms with Crippen LogP contribution in [0.2, 0.25) is 0 Å². The summed E-state index contributed by atoms with van der Waals surface area (Å²) < 4.78 is 38.5. The van der Waals surface area contributed by atoms with Crippen molar-refractivity contribution in [3.63, 3.8) is 0 Å². The van der Waals surface area contributed by atoms with Crippen LogP contribution in [0.1, 0.15) is 67.2 Å². The molecule has 0 aromatic heterocycles. The minimum absolute atomic E-state index is 0.00193. The van der Waals surface area contributed by atoms with Crippen LogP contribution in [0.5, 0.6) is 5.75 Å². The number of amides is 1. The Labute approximate surface area is 307 Å². The highest BCUT2D eigenvalue weighted by atomic mass is 16.6. The fourth-order valence-corrected chi connectivity index (χ4v) is 8.21. The van der Waals surface area contributed by atoms with E-state index in [4.69, 9.17) is 33.2 Å². The lowest BCUT2D eigenvalue weighted by atomic mass is 9.59. The molecule has 0 saturated heterocycles. The molecule has 52 heavy (non-hydrogen) atoms. The molecular weight excluding hydrogens is 662 g/mol. The monoisotopic (exact) mass is 715 g/mol. The van der Waals surface area contributed by atoms with Crippen molar-refractivity contribution < 1.29 is 42.7 Å². The predicted molar refractivity (Wildman–Crippen MR) is 197 cm³/mol. The average Bonchev–Trinajstić information content (AvgIpc) is 3.47. The molecule has 3 aliphatic carbocycles. The maximum Gasteiger partial charge on any atom is 0.407 e. The molecule has 1 N–H and O–H groups in total. The van der Waals surface area contributed by atoms with Gasteiger partial charge in [-0.15, -0.1) is 0 Å². The summed E-state index contributed by atoms with van der Waals surface area (Å²) in [5, 5.41) is 3.35. The zero-order valence-electron chi connectivity index (χ0n) is 30.6. The summed E-state index contributed by atoms with van der Waals surface area (Å²) in [6, 6.07) is 22.6. The fraction of sp³-hybridized carbons (Fsp3) is 0.524. The van der Waals surface area contributed by atoms with E-state index >= 15 is 0 Å². The van der Waals surface area contributed by atoms with Gasteiger partial charge in [-0.3, -0.25) is 0 Å². The number of benzene rings is 3. The average molecular weight is 716 g/mol. The van der Waals surface area contributed by atoms with Crippen molar-refractivity contribution in [1.29, 1.82) is 0 Å². The molecule has 0 aliphatic heterocycles. The highest BCUT2D eigenvalue weighted by Gasteiger charge is 2.47. The first kappa shape index (κ1) is 37.9. The van der Waals surface area contributed by atoms with Crippen molar-refractivity contribution >= 4 is 12.1 Å². The van der Waals surface area contributed by atoms with Crippen molar-refractivity contribution in [1.82, 2.24) is 5.32 Å². The second-order valence-corrected chi connectivity index (χ2v) is 14.1. The Hall–Kier alpha value is -3.80. The molecule has 1 saturated carbocycles. The largest absolute Gasteiger partial charge is 0.449 e. The second-order valence-electron chi connectivity index (χ2n) is 14.1. The number of fused-ring (bicyclic) bond motifs is 7. The van der Waals surface area contributed by atoms with E-state index in [2.05, 4.69) is 54.7 Å². The number of ether oxygens (including phenoxy) is 7. The second kappa shape index (κ2) is 18.8. The minimum Gasteiger partial charge on any atom is -0.449 e. The Balaban J connectivity index is 1.00. The number of hydrogen-bond donors (Lipinski definition) is 1. The SMILES string of the molecule is COCCOCCOCCOCCOCC(=O)Oc1ccc2c(c1)[C@@]1(C)CCCCC[C@@H](C2)[C@@H]1NC(=O)OCC1c2ccccc2-c2ccccc21. The van der Waals surface area contributed by atoms with E-state index in [1.54, 1.807) is 7.11 Å². The summed E-state index contributed by atoms with van der Waals surface area (Å²) in [4.78, 5) is 26.3. The summed E-state index contributed by atoms with van der Waals surface area (Å²) in [7, 11) is 1.64. The van der Waals surface area contributed by atoms with Gasteiger partial charge in [-0.2, -0.15) is 0 Å². The van der Waals surface area contributed by atoms with E-state index in [0.29, 0.717) is 52.0 Å². The number of esters is 1. The molecule has 280 valence electrons. The lowest BCUT2D eigenvalue weighted by molar-refractivity contribution is -0.140. The third kappa shape index (κ3) is 9.40. The van der Waals surface area contributed by atoms with Crippen LogP contribution in [0.25, 0.3) is 11.1 Å². The smallest absolute Gasteiger partial charge is 0.407 e. The summed E-state index contributed by atoms with van der Waals surface area (Å²) >= 11 is 0. The highest BCUT2D eigenvalue weighted by Crippen LogP contribution is 2.48. The van der Waals surface area contributed by atoms with Gasteiger partial charge in [0.1, 0.15) is 19.0 Å². The van der Waals surface area contributed by atoms with E-state index in [0.717, 1.165) is 44.1 Å². The van der Waals surface area contributed by atoms with Gasteiger partial charge in [-0.1, -0.05) is 80.8 Å². The number of carbonyl (C=O) groups is 2. The van der Waals surface area contributed by atoms with E-state index in [1.165, 1.54) is 27.8 Å². The Morgan fingerprint density at radius 3 is 2.08 bits per heavy atom. The van der Waals surface area contributed by atoms with Gasteiger partial charge in [0.25, 0.3) is 0 Å². The molecular formula is C42H53NO9. The van der Waals surface area contributed by atoms with Crippen LogP contribution < -0.4 is 10.1 Å². The van der Waals surface area contributed by atoms with Gasteiger partial charge in [0.05, 0.1) is 52.9 Å². The normalized spacial score (nSPS) is 20.6. The van der Waals surface area contributed by atoms with Crippen molar-refractivity contribution in [2.24, 2.45) is 5.92 Å². The van der Waals surface area contributed by atoms with Gasteiger partial charge in [-0.25, -0.2) is 9.59 Å². The van der Waals surface area contributed by atoms with E-state index < -0.39 is 5.97 Å². The van der Waals surface area contributed by atoms with Gasteiger partial charge in [-0.05, 0) is 70.7 Å². The standard InChI is InChI=1S/C42H53NO9/c1-42-17-9-3-4-10-31(40(42)43-41(45)51-28-37-35-13-7-5-11-33(35)34-12-6-8-14-36(34)37)26-30-15-16-32(27-38(30)42)52-39(44)29-50-25-24-49-23-22-48-21-20-47-19-18-46-2/h5-8,11-16,27,31,37,40H,3-4,9-10,17-26,28-29H2,1-2H3,(H,43,45)/t31-,40-,42+/m0/s1. The molecule has 3 atom stereocenters. The Kier molecular flexibility index (Phi) is 13.7.